The Balaban J connectivity index is 1.86. The molecule has 0 unspecified atom stereocenters. The predicted molar refractivity (Wildman–Crippen MR) is 82.3 cm³/mol. The van der Waals surface area contributed by atoms with Crippen molar-refractivity contribution in [3.05, 3.63) is 42.2 Å². The van der Waals surface area contributed by atoms with Gasteiger partial charge in [-0.15, -0.1) is 0 Å². The zero-order valence-electron chi connectivity index (χ0n) is 12.5. The van der Waals surface area contributed by atoms with Crippen molar-refractivity contribution in [3.8, 4) is 0 Å². The summed E-state index contributed by atoms with van der Waals surface area (Å²) >= 11 is 0. The molecular weight excluding hydrogens is 266 g/mol. The fraction of sp³-hybridized carbons (Fsp3) is 0.400. The minimum atomic E-state index is -0.163. The number of rotatable bonds is 7. The number of anilines is 1. The molecule has 0 bridgehead atoms. The number of nitrogens with one attached hydrogen (secondary N) is 2. The standard InChI is InChI=1S/C15H21N5O/c1-3-6-16-12-4-7-17-13(11-12)15(21)19-8-5-14-18-9-10-20(14)2/h4,7,9-11H,3,5-6,8H2,1-2H3,(H,16,17)(H,19,21). The van der Waals surface area contributed by atoms with Crippen molar-refractivity contribution in [2.75, 3.05) is 18.4 Å². The molecule has 0 fully saturated rings. The van der Waals surface area contributed by atoms with E-state index in [1.54, 1.807) is 18.5 Å². The lowest BCUT2D eigenvalue weighted by molar-refractivity contribution is 0.0949. The zero-order valence-corrected chi connectivity index (χ0v) is 12.5. The van der Waals surface area contributed by atoms with E-state index in [1.807, 2.05) is 23.9 Å². The van der Waals surface area contributed by atoms with Crippen LogP contribution in [0.1, 0.15) is 29.7 Å². The van der Waals surface area contributed by atoms with Crippen LogP contribution in [0.4, 0.5) is 5.69 Å². The Bertz CT molecular complexity index is 593. The highest BCUT2D eigenvalue weighted by Gasteiger charge is 2.08. The topological polar surface area (TPSA) is 71.8 Å². The minimum Gasteiger partial charge on any atom is -0.385 e. The van der Waals surface area contributed by atoms with E-state index in [-0.39, 0.29) is 5.91 Å². The van der Waals surface area contributed by atoms with Crippen LogP contribution in [-0.4, -0.2) is 33.5 Å². The number of carbonyl (C=O) groups excluding carboxylic acids is 1. The van der Waals surface area contributed by atoms with E-state index in [0.29, 0.717) is 18.7 Å². The largest absolute Gasteiger partial charge is 0.385 e. The smallest absolute Gasteiger partial charge is 0.269 e. The third-order valence-electron chi connectivity index (χ3n) is 3.13. The molecule has 2 aromatic heterocycles. The van der Waals surface area contributed by atoms with E-state index in [9.17, 15) is 4.79 Å². The average Bonchev–Trinajstić information content (AvgIpc) is 2.91. The van der Waals surface area contributed by atoms with Gasteiger partial charge in [0.25, 0.3) is 5.91 Å². The molecule has 0 aliphatic heterocycles. The SMILES string of the molecule is CCCNc1ccnc(C(=O)NCCc2nccn2C)c1. The number of aryl methyl sites for hydroxylation is 1. The predicted octanol–water partition coefficient (Wildman–Crippen LogP) is 1.61. The monoisotopic (exact) mass is 287 g/mol. The van der Waals surface area contributed by atoms with E-state index in [1.165, 1.54) is 0 Å². The van der Waals surface area contributed by atoms with Gasteiger partial charge >= 0.3 is 0 Å². The summed E-state index contributed by atoms with van der Waals surface area (Å²) in [6.45, 7) is 3.52. The Morgan fingerprint density at radius 1 is 1.29 bits per heavy atom. The number of amides is 1. The summed E-state index contributed by atoms with van der Waals surface area (Å²) in [6, 6.07) is 3.63. The third-order valence-corrected chi connectivity index (χ3v) is 3.13. The highest BCUT2D eigenvalue weighted by Crippen LogP contribution is 2.07. The molecule has 0 saturated heterocycles. The molecule has 0 aliphatic carbocycles. The van der Waals surface area contributed by atoms with Crippen LogP contribution in [0.15, 0.2) is 30.7 Å². The van der Waals surface area contributed by atoms with E-state index >= 15 is 0 Å². The van der Waals surface area contributed by atoms with E-state index in [2.05, 4.69) is 27.5 Å². The van der Waals surface area contributed by atoms with Crippen molar-refractivity contribution in [1.82, 2.24) is 19.9 Å². The lowest BCUT2D eigenvalue weighted by Gasteiger charge is -2.07. The Kier molecular flexibility index (Phi) is 5.31. The van der Waals surface area contributed by atoms with Crippen LogP contribution in [0.3, 0.4) is 0 Å². The van der Waals surface area contributed by atoms with Gasteiger partial charge in [-0.25, -0.2) is 4.98 Å². The maximum Gasteiger partial charge on any atom is 0.269 e. The molecule has 2 rings (SSSR count). The molecule has 0 aliphatic rings. The average molecular weight is 287 g/mol. The van der Waals surface area contributed by atoms with E-state index in [4.69, 9.17) is 0 Å². The quantitative estimate of drug-likeness (QED) is 0.811. The molecular formula is C15H21N5O. The summed E-state index contributed by atoms with van der Waals surface area (Å²) in [6.07, 6.45) is 7.02. The maximum atomic E-state index is 12.1. The van der Waals surface area contributed by atoms with Crippen LogP contribution in [0.5, 0.6) is 0 Å². The normalized spacial score (nSPS) is 10.4. The molecule has 1 amide bonds. The van der Waals surface area contributed by atoms with Crippen molar-refractivity contribution < 1.29 is 4.79 Å². The van der Waals surface area contributed by atoms with Crippen molar-refractivity contribution in [2.45, 2.75) is 19.8 Å². The first-order valence-corrected chi connectivity index (χ1v) is 7.15. The summed E-state index contributed by atoms with van der Waals surface area (Å²) in [4.78, 5) is 20.4. The van der Waals surface area contributed by atoms with E-state index < -0.39 is 0 Å². The number of nitrogens with zero attached hydrogens (tertiary/aromatic N) is 3. The second-order valence-electron chi connectivity index (χ2n) is 4.82. The number of imidazole rings is 1. The highest BCUT2D eigenvalue weighted by molar-refractivity contribution is 5.93. The van der Waals surface area contributed by atoms with Crippen LogP contribution in [0.2, 0.25) is 0 Å². The molecule has 0 saturated carbocycles. The molecule has 0 aromatic carbocycles. The van der Waals surface area contributed by atoms with Gasteiger partial charge in [0.05, 0.1) is 0 Å². The van der Waals surface area contributed by atoms with Gasteiger partial charge in [0.15, 0.2) is 0 Å². The molecule has 6 nitrogen and oxygen atoms in total. The van der Waals surface area contributed by atoms with Crippen molar-refractivity contribution in [2.24, 2.45) is 7.05 Å². The number of aromatic nitrogens is 3. The minimum absolute atomic E-state index is 0.163. The van der Waals surface area contributed by atoms with Gasteiger partial charge in [-0.05, 0) is 18.6 Å². The van der Waals surface area contributed by atoms with Gasteiger partial charge < -0.3 is 15.2 Å². The van der Waals surface area contributed by atoms with Crippen LogP contribution in [-0.2, 0) is 13.5 Å². The number of hydrogen-bond donors (Lipinski definition) is 2. The zero-order chi connectivity index (χ0) is 15.1. The fourth-order valence-corrected chi connectivity index (χ4v) is 1.95. The Hall–Kier alpha value is -2.37. The molecule has 21 heavy (non-hydrogen) atoms. The Labute approximate surface area is 124 Å². The van der Waals surface area contributed by atoms with Gasteiger partial charge in [-0.1, -0.05) is 6.92 Å². The lowest BCUT2D eigenvalue weighted by Crippen LogP contribution is -2.27. The van der Waals surface area contributed by atoms with E-state index in [0.717, 1.165) is 24.5 Å². The van der Waals surface area contributed by atoms with Gasteiger partial charge in [-0.3, -0.25) is 9.78 Å². The lowest BCUT2D eigenvalue weighted by atomic mass is 10.3. The molecule has 0 radical (unpaired) electrons. The number of pyridine rings is 1. The molecule has 6 heteroatoms. The summed E-state index contributed by atoms with van der Waals surface area (Å²) in [7, 11) is 1.94. The maximum absolute atomic E-state index is 12.1. The molecule has 112 valence electrons. The summed E-state index contributed by atoms with van der Waals surface area (Å²) in [5, 5.41) is 6.11. The van der Waals surface area contributed by atoms with Crippen molar-refractivity contribution >= 4 is 11.6 Å². The first kappa shape index (κ1) is 15.0. The van der Waals surface area contributed by atoms with Crippen LogP contribution in [0, 0.1) is 0 Å². The van der Waals surface area contributed by atoms with Crippen molar-refractivity contribution in [1.29, 1.82) is 0 Å². The van der Waals surface area contributed by atoms with Gasteiger partial charge in [0, 0.05) is 50.8 Å². The van der Waals surface area contributed by atoms with Crippen LogP contribution >= 0.6 is 0 Å². The third kappa shape index (κ3) is 4.30. The molecule has 2 heterocycles. The van der Waals surface area contributed by atoms with Gasteiger partial charge in [0.1, 0.15) is 11.5 Å². The summed E-state index contributed by atoms with van der Waals surface area (Å²) in [5.41, 5.74) is 1.34. The van der Waals surface area contributed by atoms with Crippen molar-refractivity contribution in [3.63, 3.8) is 0 Å². The van der Waals surface area contributed by atoms with Gasteiger partial charge in [0.2, 0.25) is 0 Å². The molecule has 0 atom stereocenters. The van der Waals surface area contributed by atoms with Crippen LogP contribution < -0.4 is 10.6 Å². The van der Waals surface area contributed by atoms with Crippen LogP contribution in [0.25, 0.3) is 0 Å². The molecule has 2 aromatic rings. The fourth-order valence-electron chi connectivity index (χ4n) is 1.95. The Morgan fingerprint density at radius 2 is 2.14 bits per heavy atom. The summed E-state index contributed by atoms with van der Waals surface area (Å²) in [5.74, 6) is 0.783. The summed E-state index contributed by atoms with van der Waals surface area (Å²) < 4.78 is 1.94. The highest BCUT2D eigenvalue weighted by atomic mass is 16.1. The number of hydrogen-bond acceptors (Lipinski definition) is 4. The second kappa shape index (κ2) is 7.42. The molecule has 2 N–H and O–H groups in total. The first-order chi connectivity index (χ1) is 10.2. The molecule has 0 spiro atoms. The second-order valence-corrected chi connectivity index (χ2v) is 4.82. The van der Waals surface area contributed by atoms with Gasteiger partial charge in [-0.2, -0.15) is 0 Å². The first-order valence-electron chi connectivity index (χ1n) is 7.15. The number of carbonyl (C=O) groups is 1. The Morgan fingerprint density at radius 3 is 2.86 bits per heavy atom.